The summed E-state index contributed by atoms with van der Waals surface area (Å²) in [6.45, 7) is 2.46. The second-order valence-electron chi connectivity index (χ2n) is 7.82. The molecule has 0 aliphatic carbocycles. The van der Waals surface area contributed by atoms with Crippen molar-refractivity contribution in [3.05, 3.63) is 82.7 Å². The van der Waals surface area contributed by atoms with Gasteiger partial charge in [0.1, 0.15) is 0 Å². The largest absolute Gasteiger partial charge is 0.332 e. The van der Waals surface area contributed by atoms with Gasteiger partial charge in [-0.25, -0.2) is 9.97 Å². The fourth-order valence-electron chi connectivity index (χ4n) is 3.88. The first-order valence-electron chi connectivity index (χ1n) is 10.6. The van der Waals surface area contributed by atoms with Crippen molar-refractivity contribution in [2.75, 3.05) is 11.9 Å². The van der Waals surface area contributed by atoms with Crippen LogP contribution in [-0.4, -0.2) is 38.2 Å². The van der Waals surface area contributed by atoms with E-state index < -0.39 is 0 Å². The van der Waals surface area contributed by atoms with Crippen LogP contribution in [0.15, 0.2) is 55.0 Å². The van der Waals surface area contributed by atoms with Crippen LogP contribution in [0, 0.1) is 6.92 Å². The van der Waals surface area contributed by atoms with E-state index in [9.17, 15) is 9.59 Å². The zero-order valence-electron chi connectivity index (χ0n) is 17.8. The van der Waals surface area contributed by atoms with Crippen molar-refractivity contribution in [1.29, 1.82) is 0 Å². The van der Waals surface area contributed by atoms with Gasteiger partial charge in [-0.1, -0.05) is 11.6 Å². The van der Waals surface area contributed by atoms with Crippen LogP contribution in [0.5, 0.6) is 0 Å². The van der Waals surface area contributed by atoms with Crippen LogP contribution < -0.4 is 5.32 Å². The van der Waals surface area contributed by atoms with E-state index in [0.717, 1.165) is 24.8 Å². The molecular weight excluding hydrogens is 426 g/mol. The Labute approximate surface area is 191 Å². The Morgan fingerprint density at radius 3 is 2.59 bits per heavy atom. The Hall–Kier alpha value is -3.32. The van der Waals surface area contributed by atoms with Gasteiger partial charge in [-0.15, -0.1) is 0 Å². The molecule has 1 unspecified atom stereocenters. The average Bonchev–Trinajstić information content (AvgIpc) is 2.81. The summed E-state index contributed by atoms with van der Waals surface area (Å²) in [7, 11) is 0. The van der Waals surface area contributed by atoms with Crippen molar-refractivity contribution in [3.63, 3.8) is 0 Å². The van der Waals surface area contributed by atoms with Crippen LogP contribution in [0.25, 0.3) is 0 Å². The van der Waals surface area contributed by atoms with Gasteiger partial charge in [-0.3, -0.25) is 14.6 Å². The Morgan fingerprint density at radius 2 is 1.88 bits per heavy atom. The number of hydrogen-bond acceptors (Lipinski definition) is 5. The van der Waals surface area contributed by atoms with Crippen molar-refractivity contribution >= 4 is 29.1 Å². The molecule has 32 heavy (non-hydrogen) atoms. The zero-order chi connectivity index (χ0) is 22.5. The van der Waals surface area contributed by atoms with Crippen molar-refractivity contribution in [2.45, 2.75) is 38.6 Å². The monoisotopic (exact) mass is 449 g/mol. The minimum absolute atomic E-state index is 0.0479. The molecule has 1 aliphatic heterocycles. The number of halogens is 1. The summed E-state index contributed by atoms with van der Waals surface area (Å²) in [4.78, 5) is 40.7. The first-order chi connectivity index (χ1) is 15.5. The van der Waals surface area contributed by atoms with Gasteiger partial charge < -0.3 is 10.2 Å². The molecule has 0 saturated carbocycles. The van der Waals surface area contributed by atoms with Crippen molar-refractivity contribution in [1.82, 2.24) is 19.9 Å². The fraction of sp³-hybridized carbons (Fsp3) is 0.292. The highest BCUT2D eigenvalue weighted by molar-refractivity contribution is 6.30. The lowest BCUT2D eigenvalue weighted by Crippen LogP contribution is -2.40. The number of likely N-dealkylation sites (tertiary alicyclic amines) is 1. The van der Waals surface area contributed by atoms with E-state index in [1.807, 2.05) is 17.0 Å². The summed E-state index contributed by atoms with van der Waals surface area (Å²) >= 11 is 5.90. The molecule has 3 heterocycles. The predicted octanol–water partition coefficient (Wildman–Crippen LogP) is 4.38. The van der Waals surface area contributed by atoms with Crippen LogP contribution in [0.4, 0.5) is 5.69 Å². The number of anilines is 1. The number of piperidine rings is 1. The van der Waals surface area contributed by atoms with E-state index in [1.54, 1.807) is 49.8 Å². The molecule has 0 radical (unpaired) electrons. The van der Waals surface area contributed by atoms with Gasteiger partial charge in [0.25, 0.3) is 5.91 Å². The van der Waals surface area contributed by atoms with E-state index in [-0.39, 0.29) is 17.9 Å². The third-order valence-corrected chi connectivity index (χ3v) is 5.82. The standard InChI is InChI=1S/C24H24ClN5O2/c1-16-20(24(32)29-19-7-5-18(25)6-8-19)15-27-23(28-16)21-4-2-3-13-30(21)22(31)14-17-9-11-26-12-10-17/h5-12,15,21H,2-4,13-14H2,1H3,(H,29,32). The van der Waals surface area contributed by atoms with Gasteiger partial charge in [-0.2, -0.15) is 0 Å². The molecule has 0 spiro atoms. The van der Waals surface area contributed by atoms with E-state index in [2.05, 4.69) is 20.3 Å². The van der Waals surface area contributed by atoms with Crippen LogP contribution >= 0.6 is 11.6 Å². The van der Waals surface area contributed by atoms with E-state index >= 15 is 0 Å². The molecule has 1 aliphatic rings. The number of pyridine rings is 1. The Balaban J connectivity index is 1.50. The first-order valence-corrected chi connectivity index (χ1v) is 11.0. The van der Waals surface area contributed by atoms with Gasteiger partial charge in [0, 0.05) is 35.8 Å². The molecule has 164 valence electrons. The summed E-state index contributed by atoms with van der Waals surface area (Å²) in [6, 6.07) is 10.4. The van der Waals surface area contributed by atoms with E-state index in [0.29, 0.717) is 40.8 Å². The number of nitrogens with zero attached hydrogens (tertiary/aromatic N) is 4. The molecule has 4 rings (SSSR count). The Morgan fingerprint density at radius 1 is 1.12 bits per heavy atom. The normalized spacial score (nSPS) is 15.9. The van der Waals surface area contributed by atoms with Crippen LogP contribution in [0.2, 0.25) is 5.02 Å². The predicted molar refractivity (Wildman–Crippen MR) is 122 cm³/mol. The third kappa shape index (κ3) is 5.11. The molecule has 2 aromatic heterocycles. The molecule has 3 aromatic rings. The summed E-state index contributed by atoms with van der Waals surface area (Å²) in [5.74, 6) is 0.339. The number of amides is 2. The highest BCUT2D eigenvalue weighted by atomic mass is 35.5. The second-order valence-corrected chi connectivity index (χ2v) is 8.26. The van der Waals surface area contributed by atoms with Gasteiger partial charge in [-0.05, 0) is 68.1 Å². The number of rotatable bonds is 5. The Kier molecular flexibility index (Phi) is 6.75. The number of carbonyl (C=O) groups is 2. The topological polar surface area (TPSA) is 88.1 Å². The lowest BCUT2D eigenvalue weighted by atomic mass is 10.00. The lowest BCUT2D eigenvalue weighted by molar-refractivity contribution is -0.134. The lowest BCUT2D eigenvalue weighted by Gasteiger charge is -2.35. The molecule has 0 bridgehead atoms. The maximum atomic E-state index is 13.0. The minimum Gasteiger partial charge on any atom is -0.332 e. The third-order valence-electron chi connectivity index (χ3n) is 5.57. The number of carbonyl (C=O) groups excluding carboxylic acids is 2. The fourth-order valence-corrected chi connectivity index (χ4v) is 4.00. The van der Waals surface area contributed by atoms with Gasteiger partial charge >= 0.3 is 0 Å². The minimum atomic E-state index is -0.286. The first kappa shape index (κ1) is 21.9. The molecule has 7 nitrogen and oxygen atoms in total. The van der Waals surface area contributed by atoms with Gasteiger partial charge in [0.2, 0.25) is 5.91 Å². The number of hydrogen-bond donors (Lipinski definition) is 1. The number of nitrogens with one attached hydrogen (secondary N) is 1. The number of aromatic nitrogens is 3. The number of benzene rings is 1. The Bertz CT molecular complexity index is 1110. The van der Waals surface area contributed by atoms with Crippen LogP contribution in [0.3, 0.4) is 0 Å². The van der Waals surface area contributed by atoms with Gasteiger partial charge in [0.05, 0.1) is 23.7 Å². The molecule has 2 amide bonds. The van der Waals surface area contributed by atoms with Crippen molar-refractivity contribution in [2.24, 2.45) is 0 Å². The summed E-state index contributed by atoms with van der Waals surface area (Å²) in [5.41, 5.74) is 2.55. The van der Waals surface area contributed by atoms with Gasteiger partial charge in [0.15, 0.2) is 5.82 Å². The zero-order valence-corrected chi connectivity index (χ0v) is 18.5. The van der Waals surface area contributed by atoms with Crippen LogP contribution in [0.1, 0.15) is 52.7 Å². The molecule has 8 heteroatoms. The SMILES string of the molecule is Cc1nc(C2CCCCN2C(=O)Cc2ccncc2)ncc1C(=O)Nc1ccc(Cl)cc1. The average molecular weight is 450 g/mol. The summed E-state index contributed by atoms with van der Waals surface area (Å²) in [5, 5.41) is 3.43. The summed E-state index contributed by atoms with van der Waals surface area (Å²) < 4.78 is 0. The smallest absolute Gasteiger partial charge is 0.259 e. The van der Waals surface area contributed by atoms with Crippen molar-refractivity contribution < 1.29 is 9.59 Å². The van der Waals surface area contributed by atoms with Crippen LogP contribution in [-0.2, 0) is 11.2 Å². The molecule has 1 N–H and O–H groups in total. The second kappa shape index (κ2) is 9.87. The molecular formula is C24H24ClN5O2. The maximum absolute atomic E-state index is 13.0. The highest BCUT2D eigenvalue weighted by Gasteiger charge is 2.30. The van der Waals surface area contributed by atoms with Crippen molar-refractivity contribution in [3.8, 4) is 0 Å². The molecule has 1 fully saturated rings. The van der Waals surface area contributed by atoms with E-state index in [1.165, 1.54) is 0 Å². The molecule has 1 saturated heterocycles. The summed E-state index contributed by atoms with van der Waals surface area (Å²) in [6.07, 6.45) is 8.01. The highest BCUT2D eigenvalue weighted by Crippen LogP contribution is 2.30. The maximum Gasteiger partial charge on any atom is 0.259 e. The van der Waals surface area contributed by atoms with E-state index in [4.69, 9.17) is 11.6 Å². The molecule has 1 atom stereocenters. The number of aryl methyl sites for hydroxylation is 1. The molecule has 1 aromatic carbocycles. The quantitative estimate of drug-likeness (QED) is 0.624.